The number of nitrogens with one attached hydrogen (secondary N) is 1. The zero-order valence-corrected chi connectivity index (χ0v) is 11.4. The van der Waals surface area contributed by atoms with Crippen LogP contribution in [0.25, 0.3) is 0 Å². The molecule has 1 aliphatic heterocycles. The fourth-order valence-electron chi connectivity index (χ4n) is 1.81. The first-order valence-corrected chi connectivity index (χ1v) is 7.04. The van der Waals surface area contributed by atoms with Crippen LogP contribution in [0.2, 0.25) is 0 Å². The molecule has 1 aromatic heterocycles. The smallest absolute Gasteiger partial charge is 0.161 e. The SMILES string of the molecule is Cc1ncccc1NC1=NC(C(C)C)CCS1. The van der Waals surface area contributed by atoms with Crippen molar-refractivity contribution in [1.29, 1.82) is 0 Å². The number of hydrogen-bond acceptors (Lipinski definition) is 4. The summed E-state index contributed by atoms with van der Waals surface area (Å²) in [6.07, 6.45) is 2.99. The average molecular weight is 249 g/mol. The molecule has 1 aliphatic rings. The second kappa shape index (κ2) is 5.54. The first-order chi connectivity index (χ1) is 8.16. The van der Waals surface area contributed by atoms with Gasteiger partial charge in [0.15, 0.2) is 5.17 Å². The van der Waals surface area contributed by atoms with Gasteiger partial charge in [-0.15, -0.1) is 0 Å². The van der Waals surface area contributed by atoms with Gasteiger partial charge < -0.3 is 5.32 Å². The highest BCUT2D eigenvalue weighted by molar-refractivity contribution is 8.14. The van der Waals surface area contributed by atoms with Crippen LogP contribution < -0.4 is 5.32 Å². The molecule has 0 aromatic carbocycles. The molecule has 0 saturated heterocycles. The Labute approximate surface area is 107 Å². The lowest BCUT2D eigenvalue weighted by atomic mass is 10.0. The number of hydrogen-bond donors (Lipinski definition) is 1. The average Bonchev–Trinajstić information content (AvgIpc) is 2.32. The van der Waals surface area contributed by atoms with Crippen molar-refractivity contribution in [3.8, 4) is 0 Å². The Kier molecular flexibility index (Phi) is 4.05. The maximum Gasteiger partial charge on any atom is 0.161 e. The predicted octanol–water partition coefficient (Wildman–Crippen LogP) is 3.32. The molecule has 0 fully saturated rings. The van der Waals surface area contributed by atoms with E-state index in [1.165, 1.54) is 6.42 Å². The van der Waals surface area contributed by atoms with Gasteiger partial charge in [-0.05, 0) is 31.4 Å². The van der Waals surface area contributed by atoms with Crippen LogP contribution in [0.1, 0.15) is 26.0 Å². The van der Waals surface area contributed by atoms with Crippen LogP contribution in [0.4, 0.5) is 5.69 Å². The van der Waals surface area contributed by atoms with E-state index in [2.05, 4.69) is 24.1 Å². The predicted molar refractivity (Wildman–Crippen MR) is 75.7 cm³/mol. The largest absolute Gasteiger partial charge is 0.333 e. The molecule has 0 spiro atoms. The zero-order chi connectivity index (χ0) is 12.3. The van der Waals surface area contributed by atoms with Gasteiger partial charge in [-0.25, -0.2) is 0 Å². The third kappa shape index (κ3) is 3.22. The Bertz CT molecular complexity index is 415. The van der Waals surface area contributed by atoms with E-state index in [0.29, 0.717) is 12.0 Å². The van der Waals surface area contributed by atoms with Crippen molar-refractivity contribution in [2.45, 2.75) is 33.2 Å². The Morgan fingerprint density at radius 2 is 2.29 bits per heavy atom. The quantitative estimate of drug-likeness (QED) is 0.873. The number of pyridine rings is 1. The summed E-state index contributed by atoms with van der Waals surface area (Å²) in [6.45, 7) is 6.48. The van der Waals surface area contributed by atoms with E-state index in [1.807, 2.05) is 25.3 Å². The van der Waals surface area contributed by atoms with Crippen molar-refractivity contribution >= 4 is 22.6 Å². The van der Waals surface area contributed by atoms with Gasteiger partial charge in [-0.1, -0.05) is 25.6 Å². The van der Waals surface area contributed by atoms with E-state index < -0.39 is 0 Å². The van der Waals surface area contributed by atoms with E-state index in [9.17, 15) is 0 Å². The minimum atomic E-state index is 0.454. The molecule has 2 heterocycles. The number of thioether (sulfide) groups is 1. The molecule has 1 aromatic rings. The number of aryl methyl sites for hydroxylation is 1. The summed E-state index contributed by atoms with van der Waals surface area (Å²) in [5.74, 6) is 1.76. The van der Waals surface area contributed by atoms with Crippen molar-refractivity contribution in [3.05, 3.63) is 24.0 Å². The highest BCUT2D eigenvalue weighted by Crippen LogP contribution is 2.24. The van der Waals surface area contributed by atoms with Crippen LogP contribution in [0.3, 0.4) is 0 Å². The summed E-state index contributed by atoms with van der Waals surface area (Å²) < 4.78 is 0. The van der Waals surface area contributed by atoms with Crippen LogP contribution >= 0.6 is 11.8 Å². The van der Waals surface area contributed by atoms with Crippen LogP contribution in [-0.4, -0.2) is 21.9 Å². The summed E-state index contributed by atoms with van der Waals surface area (Å²) in [4.78, 5) is 9.03. The zero-order valence-electron chi connectivity index (χ0n) is 10.6. The second-order valence-electron chi connectivity index (χ2n) is 4.64. The fraction of sp³-hybridized carbons (Fsp3) is 0.538. The Balaban J connectivity index is 2.11. The fourth-order valence-corrected chi connectivity index (χ4v) is 2.76. The Morgan fingerprint density at radius 1 is 1.47 bits per heavy atom. The number of rotatable bonds is 2. The van der Waals surface area contributed by atoms with E-state index in [0.717, 1.165) is 22.3 Å². The highest BCUT2D eigenvalue weighted by Gasteiger charge is 2.18. The van der Waals surface area contributed by atoms with Gasteiger partial charge in [0.1, 0.15) is 0 Å². The van der Waals surface area contributed by atoms with E-state index in [4.69, 9.17) is 4.99 Å². The highest BCUT2D eigenvalue weighted by atomic mass is 32.2. The van der Waals surface area contributed by atoms with E-state index in [-0.39, 0.29) is 0 Å². The molecule has 0 bridgehead atoms. The van der Waals surface area contributed by atoms with Gasteiger partial charge in [-0.3, -0.25) is 9.98 Å². The molecule has 4 heteroatoms. The van der Waals surface area contributed by atoms with E-state index >= 15 is 0 Å². The van der Waals surface area contributed by atoms with Gasteiger partial charge in [0.2, 0.25) is 0 Å². The lowest BCUT2D eigenvalue weighted by molar-refractivity contribution is 0.485. The summed E-state index contributed by atoms with van der Waals surface area (Å²) in [5, 5.41) is 4.42. The van der Waals surface area contributed by atoms with Crippen LogP contribution in [0, 0.1) is 12.8 Å². The first-order valence-electron chi connectivity index (χ1n) is 6.06. The maximum atomic E-state index is 4.76. The van der Waals surface area contributed by atoms with Crippen molar-refractivity contribution < 1.29 is 0 Å². The molecule has 0 saturated carbocycles. The maximum absolute atomic E-state index is 4.76. The van der Waals surface area contributed by atoms with Crippen molar-refractivity contribution in [2.75, 3.05) is 11.1 Å². The van der Waals surface area contributed by atoms with Gasteiger partial charge in [0.05, 0.1) is 17.4 Å². The second-order valence-corrected chi connectivity index (χ2v) is 5.73. The summed E-state index contributed by atoms with van der Waals surface area (Å²) in [5.41, 5.74) is 2.07. The standard InChI is InChI=1S/C13H19N3S/c1-9(2)11-6-8-17-13(15-11)16-12-5-4-7-14-10(12)3/h4-5,7,9,11H,6,8H2,1-3H3,(H,15,16). The Hall–Kier alpha value is -1.03. The molecule has 0 amide bonds. The molecule has 1 atom stereocenters. The summed E-state index contributed by atoms with van der Waals surface area (Å²) in [7, 11) is 0. The molecule has 2 rings (SSSR count). The molecule has 1 N–H and O–H groups in total. The first kappa shape index (κ1) is 12.4. The van der Waals surface area contributed by atoms with Gasteiger partial charge in [0.25, 0.3) is 0 Å². The minimum Gasteiger partial charge on any atom is -0.333 e. The monoisotopic (exact) mass is 249 g/mol. The number of anilines is 1. The summed E-state index contributed by atoms with van der Waals surface area (Å²) >= 11 is 1.80. The third-order valence-electron chi connectivity index (χ3n) is 2.95. The Morgan fingerprint density at radius 3 is 3.00 bits per heavy atom. The lowest BCUT2D eigenvalue weighted by Crippen LogP contribution is -2.24. The minimum absolute atomic E-state index is 0.454. The van der Waals surface area contributed by atoms with Crippen LogP contribution in [-0.2, 0) is 0 Å². The summed E-state index contributed by atoms with van der Waals surface area (Å²) in [6, 6.07) is 4.45. The van der Waals surface area contributed by atoms with Crippen LogP contribution in [0.15, 0.2) is 23.3 Å². The molecular formula is C13H19N3S. The molecule has 1 unspecified atom stereocenters. The van der Waals surface area contributed by atoms with Gasteiger partial charge in [0, 0.05) is 11.9 Å². The molecule has 0 radical (unpaired) electrons. The normalized spacial score (nSPS) is 20.2. The number of aliphatic imine (C=N–C) groups is 1. The molecular weight excluding hydrogens is 230 g/mol. The van der Waals surface area contributed by atoms with E-state index in [1.54, 1.807) is 11.8 Å². The topological polar surface area (TPSA) is 37.3 Å². The number of amidine groups is 1. The van der Waals surface area contributed by atoms with Crippen LogP contribution in [0.5, 0.6) is 0 Å². The van der Waals surface area contributed by atoms with Crippen molar-refractivity contribution in [3.63, 3.8) is 0 Å². The molecule has 92 valence electrons. The van der Waals surface area contributed by atoms with Crippen molar-refractivity contribution in [1.82, 2.24) is 4.98 Å². The molecule has 0 aliphatic carbocycles. The van der Waals surface area contributed by atoms with Gasteiger partial charge >= 0.3 is 0 Å². The third-order valence-corrected chi connectivity index (χ3v) is 3.87. The number of nitrogens with zero attached hydrogens (tertiary/aromatic N) is 2. The van der Waals surface area contributed by atoms with Crippen molar-refractivity contribution in [2.24, 2.45) is 10.9 Å². The molecule has 3 nitrogen and oxygen atoms in total. The molecule has 17 heavy (non-hydrogen) atoms. The number of aromatic nitrogens is 1. The lowest BCUT2D eigenvalue weighted by Gasteiger charge is -2.23. The van der Waals surface area contributed by atoms with Gasteiger partial charge in [-0.2, -0.15) is 0 Å².